The minimum atomic E-state index is -0.697. The molecule has 0 bridgehead atoms. The molecule has 166 valence electrons. The highest BCUT2D eigenvalue weighted by molar-refractivity contribution is 7.18. The molecule has 2 rings (SSSR count). The molecule has 0 atom stereocenters. The molecule has 2 aromatic rings. The summed E-state index contributed by atoms with van der Waals surface area (Å²) in [5.74, 6) is -2.04. The number of nitro benzene ring substituents is 1. The van der Waals surface area contributed by atoms with Crippen molar-refractivity contribution in [1.82, 2.24) is 0 Å². The maximum Gasteiger partial charge on any atom is 0.348 e. The van der Waals surface area contributed by atoms with Crippen molar-refractivity contribution in [2.75, 3.05) is 25.1 Å². The lowest BCUT2D eigenvalue weighted by Gasteiger charge is -2.09. The van der Waals surface area contributed by atoms with Gasteiger partial charge in [0.2, 0.25) is 0 Å². The zero-order chi connectivity index (χ0) is 23.1. The third-order valence-corrected chi connectivity index (χ3v) is 5.20. The average molecular weight is 450 g/mol. The lowest BCUT2D eigenvalue weighted by atomic mass is 10.1. The van der Waals surface area contributed by atoms with Crippen LogP contribution in [0.1, 0.15) is 45.0 Å². The van der Waals surface area contributed by atoms with Gasteiger partial charge in [0.1, 0.15) is 9.88 Å². The third kappa shape index (κ3) is 5.79. The van der Waals surface area contributed by atoms with E-state index in [0.29, 0.717) is 5.56 Å². The number of hydrogen-bond donors (Lipinski definition) is 1. The number of hydrogen-bond acceptors (Lipinski definition) is 9. The molecule has 1 N–H and O–H groups in total. The highest BCUT2D eigenvalue weighted by Crippen LogP contribution is 2.34. The van der Waals surface area contributed by atoms with Crippen LogP contribution < -0.4 is 10.1 Å². The predicted molar refractivity (Wildman–Crippen MR) is 113 cm³/mol. The van der Waals surface area contributed by atoms with Crippen molar-refractivity contribution in [2.45, 2.75) is 27.7 Å². The number of amides is 1. The number of anilines is 1. The van der Waals surface area contributed by atoms with Crippen molar-refractivity contribution in [3.05, 3.63) is 49.9 Å². The first kappa shape index (κ1) is 23.8. The van der Waals surface area contributed by atoms with Gasteiger partial charge in [-0.3, -0.25) is 14.9 Å². The number of rotatable bonds is 9. The van der Waals surface area contributed by atoms with E-state index in [1.807, 2.05) is 0 Å². The van der Waals surface area contributed by atoms with Crippen molar-refractivity contribution >= 4 is 39.9 Å². The van der Waals surface area contributed by atoms with Crippen molar-refractivity contribution in [3.8, 4) is 5.75 Å². The van der Waals surface area contributed by atoms with Crippen molar-refractivity contribution in [3.63, 3.8) is 0 Å². The molecule has 0 aliphatic heterocycles. The lowest BCUT2D eigenvalue weighted by molar-refractivity contribution is -0.385. The van der Waals surface area contributed by atoms with Gasteiger partial charge in [-0.25, -0.2) is 9.59 Å². The Balaban J connectivity index is 2.25. The van der Waals surface area contributed by atoms with Crippen LogP contribution in [0.5, 0.6) is 5.75 Å². The molecule has 10 nitrogen and oxygen atoms in total. The SMILES string of the molecule is CCOC(=O)c1sc(NC(=O)COc2cc(C)ccc2[N+](=O)[O-])c(C(=O)OCC)c1C. The minimum absolute atomic E-state index is 0.0461. The highest BCUT2D eigenvalue weighted by atomic mass is 32.1. The summed E-state index contributed by atoms with van der Waals surface area (Å²) in [4.78, 5) is 47.7. The standard InChI is InChI=1S/C20H22N2O8S/c1-5-28-19(24)16-12(4)17(20(25)29-6-2)31-18(16)21-15(23)10-30-14-9-11(3)7-8-13(14)22(26)27/h7-9H,5-6,10H2,1-4H3,(H,21,23). The molecule has 1 amide bonds. The molecule has 0 saturated carbocycles. The second-order valence-electron chi connectivity index (χ2n) is 6.27. The van der Waals surface area contributed by atoms with Crippen LogP contribution in [0.25, 0.3) is 0 Å². The fraction of sp³-hybridized carbons (Fsp3) is 0.350. The van der Waals surface area contributed by atoms with Crippen molar-refractivity contribution in [1.29, 1.82) is 0 Å². The van der Waals surface area contributed by atoms with E-state index in [1.54, 1.807) is 33.8 Å². The molecule has 0 aliphatic carbocycles. The Kier molecular flexibility index (Phi) is 8.08. The number of carbonyl (C=O) groups excluding carboxylic acids is 3. The molecule has 1 aromatic heterocycles. The number of esters is 2. The topological polar surface area (TPSA) is 134 Å². The number of nitro groups is 1. The van der Waals surface area contributed by atoms with Crippen molar-refractivity contribution < 1.29 is 33.5 Å². The van der Waals surface area contributed by atoms with E-state index in [4.69, 9.17) is 14.2 Å². The van der Waals surface area contributed by atoms with Gasteiger partial charge in [0, 0.05) is 6.07 Å². The van der Waals surface area contributed by atoms with E-state index < -0.39 is 29.4 Å². The zero-order valence-corrected chi connectivity index (χ0v) is 18.3. The molecule has 0 fully saturated rings. The van der Waals surface area contributed by atoms with Gasteiger partial charge in [-0.15, -0.1) is 11.3 Å². The number of thiophene rings is 1. The van der Waals surface area contributed by atoms with Crippen LogP contribution in [0.15, 0.2) is 18.2 Å². The van der Waals surface area contributed by atoms with Gasteiger partial charge in [0.25, 0.3) is 5.91 Å². The molecule has 0 saturated heterocycles. The molecule has 11 heteroatoms. The first-order valence-electron chi connectivity index (χ1n) is 9.34. The summed E-state index contributed by atoms with van der Waals surface area (Å²) in [7, 11) is 0. The van der Waals surface area contributed by atoms with Gasteiger partial charge >= 0.3 is 17.6 Å². The minimum Gasteiger partial charge on any atom is -0.477 e. The summed E-state index contributed by atoms with van der Waals surface area (Å²) in [6.45, 7) is 6.28. The largest absolute Gasteiger partial charge is 0.477 e. The summed E-state index contributed by atoms with van der Waals surface area (Å²) in [6, 6.07) is 4.29. The highest BCUT2D eigenvalue weighted by Gasteiger charge is 2.27. The Morgan fingerprint density at radius 2 is 1.74 bits per heavy atom. The number of carbonyl (C=O) groups is 3. The van der Waals surface area contributed by atoms with Gasteiger partial charge in [-0.1, -0.05) is 6.07 Å². The molecule has 0 unspecified atom stereocenters. The van der Waals surface area contributed by atoms with Gasteiger partial charge in [0.15, 0.2) is 12.4 Å². The quantitative estimate of drug-likeness (QED) is 0.348. The van der Waals surface area contributed by atoms with Crippen LogP contribution in [-0.2, 0) is 14.3 Å². The smallest absolute Gasteiger partial charge is 0.348 e. The Morgan fingerprint density at radius 1 is 1.10 bits per heavy atom. The Labute approximate surface area is 182 Å². The van der Waals surface area contributed by atoms with E-state index >= 15 is 0 Å². The number of benzene rings is 1. The average Bonchev–Trinajstić information content (AvgIpc) is 3.02. The third-order valence-electron chi connectivity index (χ3n) is 4.01. The van der Waals surface area contributed by atoms with E-state index in [-0.39, 0.29) is 40.1 Å². The molecule has 0 aliphatic rings. The molecule has 0 spiro atoms. The van der Waals surface area contributed by atoms with Crippen molar-refractivity contribution in [2.24, 2.45) is 0 Å². The van der Waals surface area contributed by atoms with E-state index in [1.165, 1.54) is 12.1 Å². The second-order valence-corrected chi connectivity index (χ2v) is 7.29. The maximum absolute atomic E-state index is 12.4. The predicted octanol–water partition coefficient (Wildman–Crippen LogP) is 3.64. The van der Waals surface area contributed by atoms with Crippen LogP contribution in [0.3, 0.4) is 0 Å². The Bertz CT molecular complexity index is 1010. The maximum atomic E-state index is 12.4. The van der Waals surface area contributed by atoms with Gasteiger partial charge in [-0.2, -0.15) is 0 Å². The van der Waals surface area contributed by atoms with Crippen LogP contribution in [0, 0.1) is 24.0 Å². The molecule has 1 heterocycles. The summed E-state index contributed by atoms with van der Waals surface area (Å²) in [5, 5.41) is 13.8. The van der Waals surface area contributed by atoms with E-state index in [0.717, 1.165) is 16.9 Å². The van der Waals surface area contributed by atoms with Crippen LogP contribution >= 0.6 is 11.3 Å². The monoisotopic (exact) mass is 450 g/mol. The van der Waals surface area contributed by atoms with Gasteiger partial charge < -0.3 is 19.5 Å². The summed E-state index contributed by atoms with van der Waals surface area (Å²) in [6.07, 6.45) is 0. The number of aryl methyl sites for hydroxylation is 1. The van der Waals surface area contributed by atoms with E-state index in [2.05, 4.69) is 5.32 Å². The number of nitrogens with one attached hydrogen (secondary N) is 1. The summed E-state index contributed by atoms with van der Waals surface area (Å²) >= 11 is 0.878. The fourth-order valence-electron chi connectivity index (χ4n) is 2.64. The molecular formula is C20H22N2O8S. The molecule has 0 radical (unpaired) electrons. The Morgan fingerprint density at radius 3 is 2.35 bits per heavy atom. The fourth-order valence-corrected chi connectivity index (χ4v) is 3.74. The molecule has 31 heavy (non-hydrogen) atoms. The molecular weight excluding hydrogens is 428 g/mol. The van der Waals surface area contributed by atoms with Gasteiger partial charge in [0.05, 0.1) is 23.7 Å². The first-order chi connectivity index (χ1) is 14.7. The summed E-state index contributed by atoms with van der Waals surface area (Å²) < 4.78 is 15.3. The number of nitrogens with zero attached hydrogens (tertiary/aromatic N) is 1. The molecule has 1 aromatic carbocycles. The summed E-state index contributed by atoms with van der Waals surface area (Å²) in [5.41, 5.74) is 0.818. The van der Waals surface area contributed by atoms with Crippen LogP contribution in [-0.4, -0.2) is 42.6 Å². The van der Waals surface area contributed by atoms with Crippen LogP contribution in [0.4, 0.5) is 10.7 Å². The first-order valence-corrected chi connectivity index (χ1v) is 10.2. The van der Waals surface area contributed by atoms with E-state index in [9.17, 15) is 24.5 Å². The Hall–Kier alpha value is -3.47. The number of ether oxygens (including phenoxy) is 3. The van der Waals surface area contributed by atoms with Crippen LogP contribution in [0.2, 0.25) is 0 Å². The van der Waals surface area contributed by atoms with Gasteiger partial charge in [-0.05, 0) is 44.9 Å². The lowest BCUT2D eigenvalue weighted by Crippen LogP contribution is -2.21. The normalized spacial score (nSPS) is 10.3. The second kappa shape index (κ2) is 10.5. The zero-order valence-electron chi connectivity index (χ0n) is 17.5.